The van der Waals surface area contributed by atoms with Gasteiger partial charge in [-0.1, -0.05) is 24.3 Å². The van der Waals surface area contributed by atoms with Crippen LogP contribution in [-0.4, -0.2) is 18.5 Å². The molecule has 2 rings (SSSR count). The van der Waals surface area contributed by atoms with Gasteiger partial charge in [-0.15, -0.1) is 6.58 Å². The summed E-state index contributed by atoms with van der Waals surface area (Å²) < 4.78 is 13.5. The predicted molar refractivity (Wildman–Crippen MR) is 72.0 cm³/mol. The number of nitrogens with zero attached hydrogens (tertiary/aromatic N) is 1. The van der Waals surface area contributed by atoms with Crippen molar-refractivity contribution in [3.05, 3.63) is 48.3 Å². The smallest absolute Gasteiger partial charge is 0.189 e. The highest BCUT2D eigenvalue weighted by molar-refractivity contribution is 5.78. The van der Waals surface area contributed by atoms with Gasteiger partial charge in [0.2, 0.25) is 0 Å². The molecule has 0 atom stereocenters. The van der Waals surface area contributed by atoms with Gasteiger partial charge in [0.05, 0.1) is 6.54 Å². The van der Waals surface area contributed by atoms with Crippen LogP contribution in [0.5, 0.6) is 0 Å². The molecule has 96 valence electrons. The molecular formula is C14H18FN3. The summed E-state index contributed by atoms with van der Waals surface area (Å²) in [6.45, 7) is 4.09. The summed E-state index contributed by atoms with van der Waals surface area (Å²) in [5.74, 6) is 0.608. The minimum Gasteiger partial charge on any atom is -0.370 e. The fourth-order valence-corrected chi connectivity index (χ4v) is 2.21. The van der Waals surface area contributed by atoms with Crippen molar-refractivity contribution >= 4 is 5.96 Å². The average molecular weight is 247 g/mol. The molecule has 3 N–H and O–H groups in total. The zero-order valence-electron chi connectivity index (χ0n) is 10.3. The molecule has 0 aromatic heterocycles. The van der Waals surface area contributed by atoms with E-state index in [2.05, 4.69) is 16.9 Å². The van der Waals surface area contributed by atoms with E-state index in [1.54, 1.807) is 12.1 Å². The Morgan fingerprint density at radius 3 is 2.89 bits per heavy atom. The number of nitrogens with one attached hydrogen (secondary N) is 1. The van der Waals surface area contributed by atoms with Crippen molar-refractivity contribution < 1.29 is 4.39 Å². The lowest BCUT2D eigenvalue weighted by atomic mass is 9.76. The topological polar surface area (TPSA) is 50.4 Å². The lowest BCUT2D eigenvalue weighted by Gasteiger charge is -2.36. The summed E-state index contributed by atoms with van der Waals surface area (Å²) in [6, 6.07) is 7.25. The van der Waals surface area contributed by atoms with Gasteiger partial charge in [-0.3, -0.25) is 0 Å². The maximum Gasteiger partial charge on any atom is 0.189 e. The average Bonchev–Trinajstić information content (AvgIpc) is 2.32. The van der Waals surface area contributed by atoms with E-state index >= 15 is 0 Å². The van der Waals surface area contributed by atoms with Crippen LogP contribution in [0.1, 0.15) is 24.3 Å². The SMILES string of the molecule is C=CCN=C(N)NC1CC(c2ccccc2F)C1. The van der Waals surface area contributed by atoms with E-state index in [9.17, 15) is 4.39 Å². The van der Waals surface area contributed by atoms with Crippen molar-refractivity contribution in [1.29, 1.82) is 0 Å². The Morgan fingerprint density at radius 2 is 2.22 bits per heavy atom. The summed E-state index contributed by atoms with van der Waals surface area (Å²) in [5.41, 5.74) is 6.50. The first-order chi connectivity index (χ1) is 8.70. The number of guanidine groups is 1. The number of hydrogen-bond donors (Lipinski definition) is 2. The van der Waals surface area contributed by atoms with E-state index in [0.717, 1.165) is 18.4 Å². The van der Waals surface area contributed by atoms with Crippen molar-refractivity contribution in [3.63, 3.8) is 0 Å². The van der Waals surface area contributed by atoms with E-state index < -0.39 is 0 Å². The standard InChI is InChI=1S/C14H18FN3/c1-2-7-17-14(16)18-11-8-10(9-11)12-5-3-4-6-13(12)15/h2-6,10-11H,1,7-9H2,(H3,16,17,18). The number of halogens is 1. The highest BCUT2D eigenvalue weighted by atomic mass is 19.1. The summed E-state index contributed by atoms with van der Waals surface area (Å²) >= 11 is 0. The Kier molecular flexibility index (Phi) is 3.97. The first-order valence-corrected chi connectivity index (χ1v) is 6.12. The number of rotatable bonds is 4. The number of benzene rings is 1. The van der Waals surface area contributed by atoms with Crippen LogP contribution >= 0.6 is 0 Å². The Hall–Kier alpha value is -1.84. The third-order valence-electron chi connectivity index (χ3n) is 3.23. The summed E-state index contributed by atoms with van der Waals surface area (Å²) in [6.07, 6.45) is 3.48. The van der Waals surface area contributed by atoms with Crippen LogP contribution in [-0.2, 0) is 0 Å². The van der Waals surface area contributed by atoms with Gasteiger partial charge in [0.25, 0.3) is 0 Å². The normalized spacial score (nSPS) is 23.3. The molecule has 0 heterocycles. The van der Waals surface area contributed by atoms with Gasteiger partial charge in [0, 0.05) is 6.04 Å². The zero-order chi connectivity index (χ0) is 13.0. The summed E-state index contributed by atoms with van der Waals surface area (Å²) in [7, 11) is 0. The molecule has 0 bridgehead atoms. The molecule has 1 aromatic carbocycles. The zero-order valence-corrected chi connectivity index (χ0v) is 10.3. The molecule has 4 heteroatoms. The highest BCUT2D eigenvalue weighted by Crippen LogP contribution is 2.37. The predicted octanol–water partition coefficient (Wildman–Crippen LogP) is 2.16. The maximum absolute atomic E-state index is 13.5. The molecule has 18 heavy (non-hydrogen) atoms. The molecule has 0 spiro atoms. The summed E-state index contributed by atoms with van der Waals surface area (Å²) in [5, 5.41) is 3.13. The first kappa shape index (κ1) is 12.6. The maximum atomic E-state index is 13.5. The van der Waals surface area contributed by atoms with Crippen molar-refractivity contribution in [1.82, 2.24) is 5.32 Å². The number of nitrogens with two attached hydrogens (primary N) is 1. The van der Waals surface area contributed by atoms with Gasteiger partial charge in [0.15, 0.2) is 5.96 Å². The molecule has 0 unspecified atom stereocenters. The van der Waals surface area contributed by atoms with Crippen molar-refractivity contribution in [2.45, 2.75) is 24.8 Å². The van der Waals surface area contributed by atoms with Gasteiger partial charge in [-0.05, 0) is 30.4 Å². The monoisotopic (exact) mass is 247 g/mol. The molecule has 1 aliphatic rings. The second-order valence-electron chi connectivity index (χ2n) is 4.55. The first-order valence-electron chi connectivity index (χ1n) is 6.12. The van der Waals surface area contributed by atoms with Crippen LogP contribution in [0.15, 0.2) is 41.9 Å². The van der Waals surface area contributed by atoms with E-state index in [1.165, 1.54) is 6.07 Å². The van der Waals surface area contributed by atoms with Crippen molar-refractivity contribution in [2.75, 3.05) is 6.54 Å². The van der Waals surface area contributed by atoms with Gasteiger partial charge >= 0.3 is 0 Å². The van der Waals surface area contributed by atoms with Crippen LogP contribution in [0.3, 0.4) is 0 Å². The Balaban J connectivity index is 1.84. The molecule has 1 fully saturated rings. The van der Waals surface area contributed by atoms with E-state index in [4.69, 9.17) is 5.73 Å². The molecule has 1 aromatic rings. The van der Waals surface area contributed by atoms with Crippen LogP contribution in [0.25, 0.3) is 0 Å². The molecule has 0 saturated heterocycles. The second-order valence-corrected chi connectivity index (χ2v) is 4.55. The third-order valence-corrected chi connectivity index (χ3v) is 3.23. The number of aliphatic imine (C=N–C) groups is 1. The van der Waals surface area contributed by atoms with Crippen molar-refractivity contribution in [2.24, 2.45) is 10.7 Å². The molecule has 1 aliphatic carbocycles. The molecule has 0 amide bonds. The fraction of sp³-hybridized carbons (Fsp3) is 0.357. The second kappa shape index (κ2) is 5.67. The number of hydrogen-bond acceptors (Lipinski definition) is 1. The van der Waals surface area contributed by atoms with Crippen LogP contribution in [0.2, 0.25) is 0 Å². The van der Waals surface area contributed by atoms with Crippen LogP contribution in [0, 0.1) is 5.82 Å². The molecular weight excluding hydrogens is 229 g/mol. The van der Waals surface area contributed by atoms with Gasteiger partial charge in [-0.2, -0.15) is 0 Å². The Bertz CT molecular complexity index is 450. The summed E-state index contributed by atoms with van der Waals surface area (Å²) in [4.78, 5) is 4.07. The quantitative estimate of drug-likeness (QED) is 0.486. The van der Waals surface area contributed by atoms with Gasteiger partial charge in [0.1, 0.15) is 5.82 Å². The van der Waals surface area contributed by atoms with Crippen molar-refractivity contribution in [3.8, 4) is 0 Å². The third kappa shape index (κ3) is 2.88. The van der Waals surface area contributed by atoms with Gasteiger partial charge in [-0.25, -0.2) is 9.38 Å². The molecule has 3 nitrogen and oxygen atoms in total. The molecule has 0 aliphatic heterocycles. The van der Waals surface area contributed by atoms with E-state index in [0.29, 0.717) is 18.5 Å². The van der Waals surface area contributed by atoms with Crippen LogP contribution < -0.4 is 11.1 Å². The molecule has 1 saturated carbocycles. The minimum absolute atomic E-state index is 0.116. The Labute approximate surface area is 107 Å². The highest BCUT2D eigenvalue weighted by Gasteiger charge is 2.31. The molecule has 0 radical (unpaired) electrons. The van der Waals surface area contributed by atoms with E-state index in [1.807, 2.05) is 12.1 Å². The lowest BCUT2D eigenvalue weighted by molar-refractivity contribution is 0.316. The van der Waals surface area contributed by atoms with Crippen LogP contribution in [0.4, 0.5) is 4.39 Å². The largest absolute Gasteiger partial charge is 0.370 e. The fourth-order valence-electron chi connectivity index (χ4n) is 2.21. The van der Waals surface area contributed by atoms with Gasteiger partial charge < -0.3 is 11.1 Å². The van der Waals surface area contributed by atoms with E-state index in [-0.39, 0.29) is 11.7 Å². The Morgan fingerprint density at radius 1 is 1.50 bits per heavy atom. The minimum atomic E-state index is -0.116. The lowest BCUT2D eigenvalue weighted by Crippen LogP contribution is -2.46.